The first-order chi connectivity index (χ1) is 7.13. The van der Waals surface area contributed by atoms with Crippen molar-refractivity contribution in [2.24, 2.45) is 5.92 Å². The lowest BCUT2D eigenvalue weighted by molar-refractivity contribution is 0.656. The standard InChI is InChI=1S/C13H14BrCl/c1-8-5-10(12(15)6-11(8)14)13-4-2-3-9(13)7-13/h5-6,9H,2-4,7H2,1H3. The first-order valence-corrected chi connectivity index (χ1v) is 6.77. The summed E-state index contributed by atoms with van der Waals surface area (Å²) in [5, 5.41) is 0.955. The molecule has 2 atom stereocenters. The first kappa shape index (κ1) is 10.2. The molecule has 0 aromatic heterocycles. The van der Waals surface area contributed by atoms with E-state index in [9.17, 15) is 0 Å². The Morgan fingerprint density at radius 2 is 2.27 bits per heavy atom. The van der Waals surface area contributed by atoms with Gasteiger partial charge in [0.05, 0.1) is 0 Å². The van der Waals surface area contributed by atoms with E-state index in [0.29, 0.717) is 5.41 Å². The van der Waals surface area contributed by atoms with Crippen LogP contribution in [0.5, 0.6) is 0 Å². The van der Waals surface area contributed by atoms with Crippen LogP contribution in [-0.4, -0.2) is 0 Å². The van der Waals surface area contributed by atoms with Crippen molar-refractivity contribution in [3.8, 4) is 0 Å². The van der Waals surface area contributed by atoms with E-state index in [1.54, 1.807) is 0 Å². The first-order valence-electron chi connectivity index (χ1n) is 5.59. The molecule has 2 saturated carbocycles. The second-order valence-corrected chi connectivity index (χ2v) is 6.29. The van der Waals surface area contributed by atoms with Crippen LogP contribution in [0.4, 0.5) is 0 Å². The Hall–Kier alpha value is -0.0100. The zero-order chi connectivity index (χ0) is 10.6. The number of fused-ring (bicyclic) bond motifs is 1. The smallest absolute Gasteiger partial charge is 0.0455 e. The number of benzene rings is 1. The molecular formula is C13H14BrCl. The molecule has 15 heavy (non-hydrogen) atoms. The molecule has 0 amide bonds. The molecule has 0 aliphatic heterocycles. The van der Waals surface area contributed by atoms with Crippen molar-refractivity contribution >= 4 is 27.5 Å². The fourth-order valence-corrected chi connectivity index (χ4v) is 4.06. The second kappa shape index (κ2) is 3.24. The van der Waals surface area contributed by atoms with E-state index >= 15 is 0 Å². The van der Waals surface area contributed by atoms with Crippen LogP contribution in [-0.2, 0) is 5.41 Å². The molecule has 1 aromatic rings. The summed E-state index contributed by atoms with van der Waals surface area (Å²) in [5.41, 5.74) is 3.19. The van der Waals surface area contributed by atoms with Crippen molar-refractivity contribution in [3.63, 3.8) is 0 Å². The van der Waals surface area contributed by atoms with Crippen LogP contribution in [0.15, 0.2) is 16.6 Å². The molecule has 2 unspecified atom stereocenters. The minimum atomic E-state index is 0.475. The van der Waals surface area contributed by atoms with E-state index in [4.69, 9.17) is 11.6 Å². The van der Waals surface area contributed by atoms with Gasteiger partial charge in [-0.25, -0.2) is 0 Å². The Morgan fingerprint density at radius 3 is 2.87 bits per heavy atom. The second-order valence-electron chi connectivity index (χ2n) is 5.03. The van der Waals surface area contributed by atoms with Crippen molar-refractivity contribution in [3.05, 3.63) is 32.8 Å². The SMILES string of the molecule is Cc1cc(C23CCCC2C3)c(Cl)cc1Br. The van der Waals surface area contributed by atoms with Crippen LogP contribution >= 0.6 is 27.5 Å². The van der Waals surface area contributed by atoms with Gasteiger partial charge in [-0.3, -0.25) is 0 Å². The minimum Gasteiger partial charge on any atom is -0.0840 e. The van der Waals surface area contributed by atoms with Gasteiger partial charge in [0.25, 0.3) is 0 Å². The molecular weight excluding hydrogens is 272 g/mol. The Balaban J connectivity index is 2.09. The Labute approximate surface area is 104 Å². The zero-order valence-corrected chi connectivity index (χ0v) is 11.2. The molecule has 0 N–H and O–H groups in total. The third kappa shape index (κ3) is 1.39. The average Bonchev–Trinajstić information content (AvgIpc) is 2.75. The molecule has 0 radical (unpaired) electrons. The summed E-state index contributed by atoms with van der Waals surface area (Å²) >= 11 is 9.90. The maximum Gasteiger partial charge on any atom is 0.0455 e. The van der Waals surface area contributed by atoms with Crippen LogP contribution in [0, 0.1) is 12.8 Å². The molecule has 2 heteroatoms. The quantitative estimate of drug-likeness (QED) is 0.692. The Bertz CT molecular complexity index is 427. The molecule has 2 aliphatic carbocycles. The van der Waals surface area contributed by atoms with Crippen LogP contribution in [0.25, 0.3) is 0 Å². The normalized spacial score (nSPS) is 32.9. The van der Waals surface area contributed by atoms with Crippen molar-refractivity contribution in [2.45, 2.75) is 38.0 Å². The van der Waals surface area contributed by atoms with E-state index in [1.165, 1.54) is 36.8 Å². The zero-order valence-electron chi connectivity index (χ0n) is 8.82. The van der Waals surface area contributed by atoms with Crippen molar-refractivity contribution in [2.75, 3.05) is 0 Å². The lowest BCUT2D eigenvalue weighted by Gasteiger charge is -2.16. The summed E-state index contributed by atoms with van der Waals surface area (Å²) in [7, 11) is 0. The molecule has 2 fully saturated rings. The van der Waals surface area contributed by atoms with Gasteiger partial charge in [-0.1, -0.05) is 40.0 Å². The topological polar surface area (TPSA) is 0 Å². The summed E-state index contributed by atoms with van der Waals surface area (Å²) in [6, 6.07) is 4.35. The molecule has 0 nitrogen and oxygen atoms in total. The average molecular weight is 286 g/mol. The highest BCUT2D eigenvalue weighted by molar-refractivity contribution is 9.10. The number of rotatable bonds is 1. The third-order valence-electron chi connectivity index (χ3n) is 4.19. The van der Waals surface area contributed by atoms with Gasteiger partial charge in [0.15, 0.2) is 0 Å². The highest BCUT2D eigenvalue weighted by Crippen LogP contribution is 2.65. The van der Waals surface area contributed by atoms with Gasteiger partial charge in [-0.05, 0) is 54.7 Å². The number of aryl methyl sites for hydroxylation is 1. The number of hydrogen-bond donors (Lipinski definition) is 0. The van der Waals surface area contributed by atoms with Gasteiger partial charge in [0.2, 0.25) is 0 Å². The van der Waals surface area contributed by atoms with Crippen molar-refractivity contribution < 1.29 is 0 Å². The predicted octanol–water partition coefficient (Wildman–Crippen LogP) is 4.85. The van der Waals surface area contributed by atoms with Crippen LogP contribution in [0.1, 0.15) is 36.8 Å². The van der Waals surface area contributed by atoms with Gasteiger partial charge in [-0.2, -0.15) is 0 Å². The monoisotopic (exact) mass is 284 g/mol. The van der Waals surface area contributed by atoms with E-state index in [-0.39, 0.29) is 0 Å². The van der Waals surface area contributed by atoms with Crippen LogP contribution in [0.3, 0.4) is 0 Å². The van der Waals surface area contributed by atoms with Crippen LogP contribution in [0.2, 0.25) is 5.02 Å². The molecule has 2 aliphatic rings. The van der Waals surface area contributed by atoms with Crippen LogP contribution < -0.4 is 0 Å². The summed E-state index contributed by atoms with van der Waals surface area (Å²) in [4.78, 5) is 0. The molecule has 80 valence electrons. The summed E-state index contributed by atoms with van der Waals surface area (Å²) in [6.07, 6.45) is 5.51. The number of hydrogen-bond acceptors (Lipinski definition) is 0. The summed E-state index contributed by atoms with van der Waals surface area (Å²) in [5.74, 6) is 0.926. The van der Waals surface area contributed by atoms with Crippen molar-refractivity contribution in [1.82, 2.24) is 0 Å². The highest BCUT2D eigenvalue weighted by atomic mass is 79.9. The molecule has 3 rings (SSSR count). The molecule has 0 heterocycles. The largest absolute Gasteiger partial charge is 0.0840 e. The summed E-state index contributed by atoms with van der Waals surface area (Å²) in [6.45, 7) is 2.15. The maximum atomic E-state index is 6.37. The van der Waals surface area contributed by atoms with E-state index in [1.807, 2.05) is 0 Å². The Morgan fingerprint density at radius 1 is 1.47 bits per heavy atom. The molecule has 0 bridgehead atoms. The van der Waals surface area contributed by atoms with Gasteiger partial charge in [-0.15, -0.1) is 0 Å². The lowest BCUT2D eigenvalue weighted by Crippen LogP contribution is -2.06. The van der Waals surface area contributed by atoms with Gasteiger partial charge < -0.3 is 0 Å². The summed E-state index contributed by atoms with van der Waals surface area (Å²) < 4.78 is 1.13. The highest BCUT2D eigenvalue weighted by Gasteiger charge is 2.58. The fraction of sp³-hybridized carbons (Fsp3) is 0.538. The minimum absolute atomic E-state index is 0.475. The fourth-order valence-electron chi connectivity index (χ4n) is 3.23. The molecule has 0 spiro atoms. The van der Waals surface area contributed by atoms with E-state index in [0.717, 1.165) is 15.4 Å². The Kier molecular flexibility index (Phi) is 2.20. The van der Waals surface area contributed by atoms with E-state index in [2.05, 4.69) is 35.0 Å². The maximum absolute atomic E-state index is 6.37. The molecule has 0 saturated heterocycles. The van der Waals surface area contributed by atoms with E-state index < -0.39 is 0 Å². The predicted molar refractivity (Wildman–Crippen MR) is 67.5 cm³/mol. The number of halogens is 2. The lowest BCUT2D eigenvalue weighted by atomic mass is 9.92. The van der Waals surface area contributed by atoms with Gasteiger partial charge >= 0.3 is 0 Å². The van der Waals surface area contributed by atoms with Gasteiger partial charge in [0, 0.05) is 9.50 Å². The third-order valence-corrected chi connectivity index (χ3v) is 5.36. The van der Waals surface area contributed by atoms with Crippen molar-refractivity contribution in [1.29, 1.82) is 0 Å². The van der Waals surface area contributed by atoms with Gasteiger partial charge in [0.1, 0.15) is 0 Å². The molecule has 1 aromatic carbocycles.